The van der Waals surface area contributed by atoms with Crippen LogP contribution in [0.3, 0.4) is 0 Å². The maximum absolute atomic E-state index is 13.6. The maximum Gasteiger partial charge on any atom is 0.137 e. The minimum atomic E-state index is -0.331. The van der Waals surface area contributed by atoms with Gasteiger partial charge in [-0.3, -0.25) is 5.41 Å². The van der Waals surface area contributed by atoms with Crippen molar-refractivity contribution in [2.45, 2.75) is 23.8 Å². The van der Waals surface area contributed by atoms with Crippen molar-refractivity contribution >= 4 is 17.6 Å². The predicted molar refractivity (Wildman–Crippen MR) is 73.0 cm³/mol. The summed E-state index contributed by atoms with van der Waals surface area (Å²) in [6.07, 6.45) is 0. The highest BCUT2D eigenvalue weighted by Crippen LogP contribution is 2.31. The van der Waals surface area contributed by atoms with Crippen LogP contribution in [0.5, 0.6) is 0 Å². The summed E-state index contributed by atoms with van der Waals surface area (Å²) in [6, 6.07) is 6.40. The number of nitrogens with zero attached hydrogens (tertiary/aromatic N) is 2. The molecular weight excluding hydrogens is 263 g/mol. The number of nitrogens with two attached hydrogens (primary N) is 1. The Hall–Kier alpha value is -1.95. The number of halogens is 1. The lowest BCUT2D eigenvalue weighted by Crippen LogP contribution is -2.16. The molecule has 19 heavy (non-hydrogen) atoms. The van der Waals surface area contributed by atoms with Gasteiger partial charge >= 0.3 is 0 Å². The molecule has 0 bridgehead atoms. The number of nitrogen functional groups attached to an aromatic ring is 1. The van der Waals surface area contributed by atoms with Gasteiger partial charge in [0.05, 0.1) is 11.3 Å². The SMILES string of the molecule is Cc1nnc(Sc2ccccc2F)c(C(=N)N)c1C. The van der Waals surface area contributed by atoms with Crippen LogP contribution < -0.4 is 5.73 Å². The normalized spacial score (nSPS) is 10.5. The lowest BCUT2D eigenvalue weighted by molar-refractivity contribution is 0.602. The molecule has 0 aliphatic carbocycles. The van der Waals surface area contributed by atoms with Crippen LogP contribution in [0, 0.1) is 25.1 Å². The number of benzene rings is 1. The number of hydrogen-bond acceptors (Lipinski definition) is 4. The second-order valence-electron chi connectivity index (χ2n) is 4.04. The molecular formula is C13H13FN4S. The standard InChI is InChI=1S/C13H13FN4S/c1-7-8(2)17-18-13(11(7)12(15)16)19-10-6-4-3-5-9(10)14/h3-6H,1-2H3,(H3,15,16). The third kappa shape index (κ3) is 2.73. The molecule has 1 heterocycles. The molecule has 0 saturated heterocycles. The summed E-state index contributed by atoms with van der Waals surface area (Å²) < 4.78 is 13.6. The average Bonchev–Trinajstić information content (AvgIpc) is 2.36. The fourth-order valence-electron chi connectivity index (χ4n) is 1.61. The van der Waals surface area contributed by atoms with Crippen molar-refractivity contribution < 1.29 is 4.39 Å². The molecule has 98 valence electrons. The molecule has 0 atom stereocenters. The third-order valence-electron chi connectivity index (χ3n) is 2.74. The quantitative estimate of drug-likeness (QED) is 0.667. The third-order valence-corrected chi connectivity index (χ3v) is 3.77. The topological polar surface area (TPSA) is 75.7 Å². The van der Waals surface area contributed by atoms with Crippen molar-refractivity contribution in [1.82, 2.24) is 10.2 Å². The van der Waals surface area contributed by atoms with Gasteiger partial charge in [-0.1, -0.05) is 23.9 Å². The second kappa shape index (κ2) is 5.36. The number of nitrogens with one attached hydrogen (secondary N) is 1. The summed E-state index contributed by atoms with van der Waals surface area (Å²) >= 11 is 1.12. The van der Waals surface area contributed by atoms with Crippen molar-refractivity contribution in [3.63, 3.8) is 0 Å². The smallest absolute Gasteiger partial charge is 0.137 e. The van der Waals surface area contributed by atoms with E-state index in [1.165, 1.54) is 6.07 Å². The number of aryl methyl sites for hydroxylation is 1. The summed E-state index contributed by atoms with van der Waals surface area (Å²) in [4.78, 5) is 0.433. The highest BCUT2D eigenvalue weighted by molar-refractivity contribution is 7.99. The lowest BCUT2D eigenvalue weighted by atomic mass is 10.1. The molecule has 0 aliphatic heterocycles. The minimum absolute atomic E-state index is 0.0886. The van der Waals surface area contributed by atoms with Crippen molar-refractivity contribution in [1.29, 1.82) is 5.41 Å². The fourth-order valence-corrected chi connectivity index (χ4v) is 2.57. The van der Waals surface area contributed by atoms with E-state index < -0.39 is 0 Å². The Morgan fingerprint density at radius 2 is 1.95 bits per heavy atom. The molecule has 6 heteroatoms. The molecule has 2 rings (SSSR count). The summed E-state index contributed by atoms with van der Waals surface area (Å²) in [6.45, 7) is 3.62. The van der Waals surface area contributed by atoms with Crippen LogP contribution in [-0.2, 0) is 0 Å². The predicted octanol–water partition coefficient (Wildman–Crippen LogP) is 2.67. The molecule has 0 aliphatic rings. The van der Waals surface area contributed by atoms with Gasteiger partial charge in [0, 0.05) is 4.90 Å². The molecule has 0 fully saturated rings. The van der Waals surface area contributed by atoms with E-state index >= 15 is 0 Å². The van der Waals surface area contributed by atoms with Gasteiger partial charge in [-0.05, 0) is 31.5 Å². The molecule has 1 aromatic carbocycles. The van der Waals surface area contributed by atoms with Crippen LogP contribution in [0.1, 0.15) is 16.8 Å². The molecule has 4 nitrogen and oxygen atoms in total. The Labute approximate surface area is 114 Å². The summed E-state index contributed by atoms with van der Waals surface area (Å²) in [5, 5.41) is 16.1. The van der Waals surface area contributed by atoms with E-state index in [1.54, 1.807) is 25.1 Å². The van der Waals surface area contributed by atoms with Crippen LogP contribution in [0.4, 0.5) is 4.39 Å². The van der Waals surface area contributed by atoms with Gasteiger partial charge in [-0.25, -0.2) is 4.39 Å². The van der Waals surface area contributed by atoms with E-state index in [0.717, 1.165) is 17.3 Å². The van der Waals surface area contributed by atoms with E-state index in [-0.39, 0.29) is 11.7 Å². The Morgan fingerprint density at radius 1 is 1.26 bits per heavy atom. The zero-order valence-electron chi connectivity index (χ0n) is 10.6. The zero-order chi connectivity index (χ0) is 14.0. The van der Waals surface area contributed by atoms with Crippen molar-refractivity contribution in [3.05, 3.63) is 46.9 Å². The highest BCUT2D eigenvalue weighted by Gasteiger charge is 2.16. The van der Waals surface area contributed by atoms with E-state index in [2.05, 4.69) is 10.2 Å². The lowest BCUT2D eigenvalue weighted by Gasteiger charge is -2.11. The molecule has 0 unspecified atom stereocenters. The van der Waals surface area contributed by atoms with Crippen LogP contribution in [0.2, 0.25) is 0 Å². The first-order chi connectivity index (χ1) is 9.00. The molecule has 0 spiro atoms. The average molecular weight is 276 g/mol. The summed E-state index contributed by atoms with van der Waals surface area (Å²) in [5.41, 5.74) is 7.60. The first-order valence-corrected chi connectivity index (χ1v) is 6.43. The number of amidine groups is 1. The number of hydrogen-bond donors (Lipinski definition) is 2. The first kappa shape index (κ1) is 13.5. The first-order valence-electron chi connectivity index (χ1n) is 5.61. The minimum Gasteiger partial charge on any atom is -0.384 e. The monoisotopic (exact) mass is 276 g/mol. The Morgan fingerprint density at radius 3 is 2.58 bits per heavy atom. The molecule has 0 saturated carbocycles. The largest absolute Gasteiger partial charge is 0.384 e. The van der Waals surface area contributed by atoms with Crippen molar-refractivity contribution in [2.24, 2.45) is 5.73 Å². The molecule has 1 aromatic heterocycles. The van der Waals surface area contributed by atoms with E-state index in [0.29, 0.717) is 21.2 Å². The van der Waals surface area contributed by atoms with Gasteiger partial charge < -0.3 is 5.73 Å². The Bertz CT molecular complexity index is 643. The number of rotatable bonds is 3. The van der Waals surface area contributed by atoms with Crippen molar-refractivity contribution in [3.8, 4) is 0 Å². The van der Waals surface area contributed by atoms with Gasteiger partial charge in [0.25, 0.3) is 0 Å². The molecule has 0 amide bonds. The van der Waals surface area contributed by atoms with E-state index in [1.807, 2.05) is 6.92 Å². The molecule has 0 radical (unpaired) electrons. The van der Waals surface area contributed by atoms with Crippen LogP contribution >= 0.6 is 11.8 Å². The van der Waals surface area contributed by atoms with Gasteiger partial charge in [0.2, 0.25) is 0 Å². The zero-order valence-corrected chi connectivity index (χ0v) is 11.4. The van der Waals surface area contributed by atoms with Gasteiger partial charge in [-0.15, -0.1) is 5.10 Å². The Balaban J connectivity index is 2.49. The van der Waals surface area contributed by atoms with Crippen molar-refractivity contribution in [2.75, 3.05) is 0 Å². The maximum atomic E-state index is 13.6. The molecule has 3 N–H and O–H groups in total. The van der Waals surface area contributed by atoms with Gasteiger partial charge in [0.1, 0.15) is 16.7 Å². The van der Waals surface area contributed by atoms with E-state index in [4.69, 9.17) is 11.1 Å². The van der Waals surface area contributed by atoms with Crippen LogP contribution in [0.25, 0.3) is 0 Å². The van der Waals surface area contributed by atoms with Gasteiger partial charge in [0.15, 0.2) is 0 Å². The van der Waals surface area contributed by atoms with Crippen LogP contribution in [0.15, 0.2) is 34.2 Å². The number of aromatic nitrogens is 2. The van der Waals surface area contributed by atoms with Gasteiger partial charge in [-0.2, -0.15) is 5.10 Å². The molecule has 2 aromatic rings. The summed E-state index contributed by atoms with van der Waals surface area (Å²) in [5.74, 6) is -0.420. The van der Waals surface area contributed by atoms with Crippen LogP contribution in [-0.4, -0.2) is 16.0 Å². The van der Waals surface area contributed by atoms with E-state index in [9.17, 15) is 4.39 Å². The summed E-state index contributed by atoms with van der Waals surface area (Å²) in [7, 11) is 0. The fraction of sp³-hybridized carbons (Fsp3) is 0.154. The Kier molecular flexibility index (Phi) is 3.80. The second-order valence-corrected chi connectivity index (χ2v) is 5.07. The highest BCUT2D eigenvalue weighted by atomic mass is 32.2.